The minimum atomic E-state index is -0.375. The first-order valence-electron chi connectivity index (χ1n) is 11.5. The van der Waals surface area contributed by atoms with E-state index in [9.17, 15) is 9.70 Å². The van der Waals surface area contributed by atoms with Crippen LogP contribution in [0.2, 0.25) is 0 Å². The van der Waals surface area contributed by atoms with E-state index in [1.54, 1.807) is 33.5 Å². The number of methoxy groups -OCH3 is 3. The number of ether oxygens (including phenoxy) is 4. The Balaban J connectivity index is -0.000000618. The van der Waals surface area contributed by atoms with Crippen LogP contribution in [0, 0.1) is 4.91 Å². The monoisotopic (exact) mass is 473 g/mol. The Kier molecular flexibility index (Phi) is 31.9. The molecule has 1 aromatic rings. The quantitative estimate of drug-likeness (QED) is 0.321. The van der Waals surface area contributed by atoms with E-state index in [2.05, 4.69) is 36.5 Å². The summed E-state index contributed by atoms with van der Waals surface area (Å²) < 4.78 is 18.8. The molecule has 0 aromatic heterocycles. The number of nitrogens with one attached hydrogen (secondary N) is 1. The topological polar surface area (TPSA) is 98.7 Å². The van der Waals surface area contributed by atoms with Gasteiger partial charge in [-0.15, -0.1) is 4.91 Å². The number of hydrogen-bond acceptors (Lipinski definition) is 8. The number of amides is 1. The second-order valence-electron chi connectivity index (χ2n) is 6.34. The molecule has 1 rings (SSSR count). The van der Waals surface area contributed by atoms with Crippen LogP contribution in [0.3, 0.4) is 0 Å². The second-order valence-corrected chi connectivity index (χ2v) is 6.34. The molecule has 0 radical (unpaired) electrons. The summed E-state index contributed by atoms with van der Waals surface area (Å²) >= 11 is 0. The number of nitrogens with zero attached hydrogens (tertiary/aromatic N) is 2. The molecule has 9 nitrogen and oxygen atoms in total. The van der Waals surface area contributed by atoms with Crippen LogP contribution < -0.4 is 10.2 Å². The minimum Gasteiger partial charge on any atom is -0.448 e. The second kappa shape index (κ2) is 29.8. The average molecular weight is 474 g/mol. The number of carbonyl (C=O) groups is 1. The Morgan fingerprint density at radius 3 is 1.76 bits per heavy atom. The van der Waals surface area contributed by atoms with Crippen LogP contribution in [0.1, 0.15) is 47.5 Å². The maximum Gasteiger partial charge on any atom is 0.407 e. The molecule has 0 saturated heterocycles. The third kappa shape index (κ3) is 25.9. The molecule has 0 atom stereocenters. The van der Waals surface area contributed by atoms with Gasteiger partial charge in [-0.3, -0.25) is 0 Å². The fourth-order valence-corrected chi connectivity index (χ4v) is 1.86. The first kappa shape index (κ1) is 35.4. The fourth-order valence-electron chi connectivity index (χ4n) is 1.86. The third-order valence-electron chi connectivity index (χ3n) is 3.96. The Labute approximate surface area is 201 Å². The van der Waals surface area contributed by atoms with Gasteiger partial charge < -0.3 is 29.2 Å². The number of alkyl carbamates (subject to hydrolysis) is 1. The lowest BCUT2D eigenvalue weighted by Crippen LogP contribution is -2.31. The normalized spacial score (nSPS) is 9.09. The molecule has 0 heterocycles. The fraction of sp³-hybridized carbons (Fsp3) is 0.708. The van der Waals surface area contributed by atoms with Crippen molar-refractivity contribution >= 4 is 17.5 Å². The van der Waals surface area contributed by atoms with E-state index in [4.69, 9.17) is 4.74 Å². The third-order valence-corrected chi connectivity index (χ3v) is 3.96. The van der Waals surface area contributed by atoms with Gasteiger partial charge in [0.2, 0.25) is 0 Å². The number of likely N-dealkylation sites (N-methyl/N-ethyl adjacent to an activating group) is 1. The SMILES string of the molecule is CCCCNC(=O)OCCN(CC)c1ccc(N=O)cc1.CCOC.CCOC.CCOC. The number of benzene rings is 1. The van der Waals surface area contributed by atoms with Crippen molar-refractivity contribution in [2.75, 3.05) is 72.3 Å². The molecule has 9 heteroatoms. The van der Waals surface area contributed by atoms with Crippen molar-refractivity contribution in [1.82, 2.24) is 5.32 Å². The van der Waals surface area contributed by atoms with Crippen LogP contribution in [-0.4, -0.2) is 73.5 Å². The van der Waals surface area contributed by atoms with Crippen molar-refractivity contribution in [2.45, 2.75) is 47.5 Å². The minimum absolute atomic E-state index is 0.319. The highest BCUT2D eigenvalue weighted by atomic mass is 16.5. The van der Waals surface area contributed by atoms with Crippen LogP contribution in [0.4, 0.5) is 16.2 Å². The lowest BCUT2D eigenvalue weighted by atomic mass is 10.2. The van der Waals surface area contributed by atoms with Gasteiger partial charge >= 0.3 is 6.09 Å². The zero-order valence-corrected chi connectivity index (χ0v) is 22.0. The summed E-state index contributed by atoms with van der Waals surface area (Å²) in [4.78, 5) is 23.9. The predicted octanol–water partition coefficient (Wildman–Crippen LogP) is 5.40. The average Bonchev–Trinajstić information content (AvgIpc) is 2.87. The van der Waals surface area contributed by atoms with Gasteiger partial charge in [-0.2, -0.15) is 0 Å². The molecule has 33 heavy (non-hydrogen) atoms. The standard InChI is InChI=1S/C15H23N3O3.3C3H8O/c1-3-5-10-16-15(19)21-12-11-18(4-2)14-8-6-13(17-20)7-9-14;3*1-3-4-2/h6-9H,3-5,10-12H2,1-2H3,(H,16,19);3*3H2,1-2H3. The molecule has 0 bridgehead atoms. The molecule has 194 valence electrons. The highest BCUT2D eigenvalue weighted by Gasteiger charge is 2.06. The van der Waals surface area contributed by atoms with Crippen molar-refractivity contribution in [2.24, 2.45) is 5.18 Å². The molecule has 0 aliphatic rings. The van der Waals surface area contributed by atoms with Crippen LogP contribution in [0.25, 0.3) is 0 Å². The van der Waals surface area contributed by atoms with Gasteiger partial charge in [0, 0.05) is 59.9 Å². The summed E-state index contributed by atoms with van der Waals surface area (Å²) in [6, 6.07) is 7.01. The van der Waals surface area contributed by atoms with E-state index < -0.39 is 0 Å². The smallest absolute Gasteiger partial charge is 0.407 e. The lowest BCUT2D eigenvalue weighted by molar-refractivity contribution is 0.148. The van der Waals surface area contributed by atoms with Crippen molar-refractivity contribution in [3.63, 3.8) is 0 Å². The summed E-state index contributed by atoms with van der Waals surface area (Å²) in [5.74, 6) is 0. The Hall–Kier alpha value is -2.23. The molecule has 1 aromatic carbocycles. The van der Waals surface area contributed by atoms with E-state index in [-0.39, 0.29) is 6.09 Å². The zero-order valence-electron chi connectivity index (χ0n) is 22.0. The molecule has 0 fully saturated rings. The molecular formula is C24H47N3O6. The van der Waals surface area contributed by atoms with Crippen LogP contribution in [0.5, 0.6) is 0 Å². The molecule has 0 spiro atoms. The van der Waals surface area contributed by atoms with Gasteiger partial charge in [0.1, 0.15) is 12.3 Å². The Bertz CT molecular complexity index is 514. The van der Waals surface area contributed by atoms with E-state index in [1.807, 2.05) is 39.8 Å². The highest BCUT2D eigenvalue weighted by Crippen LogP contribution is 2.19. The molecule has 0 aliphatic carbocycles. The summed E-state index contributed by atoms with van der Waals surface area (Å²) in [7, 11) is 5.04. The molecule has 0 aliphatic heterocycles. The van der Waals surface area contributed by atoms with E-state index in [0.717, 1.165) is 44.9 Å². The molecule has 0 unspecified atom stereocenters. The van der Waals surface area contributed by atoms with Gasteiger partial charge in [-0.05, 0) is 63.6 Å². The lowest BCUT2D eigenvalue weighted by Gasteiger charge is -2.22. The number of hydrogen-bond donors (Lipinski definition) is 1. The van der Waals surface area contributed by atoms with E-state index in [0.29, 0.717) is 25.4 Å². The van der Waals surface area contributed by atoms with Crippen molar-refractivity contribution in [1.29, 1.82) is 0 Å². The van der Waals surface area contributed by atoms with Crippen molar-refractivity contribution < 1.29 is 23.7 Å². The number of nitroso groups, excluding NO2 is 1. The maximum absolute atomic E-state index is 11.4. The maximum atomic E-state index is 11.4. The summed E-state index contributed by atoms with van der Waals surface area (Å²) in [6.07, 6.45) is 1.61. The van der Waals surface area contributed by atoms with Gasteiger partial charge in [-0.25, -0.2) is 4.79 Å². The Morgan fingerprint density at radius 2 is 1.39 bits per heavy atom. The number of carbonyl (C=O) groups excluding carboxylic acids is 1. The zero-order chi connectivity index (χ0) is 25.7. The molecule has 0 saturated carbocycles. The largest absolute Gasteiger partial charge is 0.448 e. The van der Waals surface area contributed by atoms with E-state index >= 15 is 0 Å². The summed E-state index contributed by atoms with van der Waals surface area (Å²) in [5.41, 5.74) is 1.38. The summed E-state index contributed by atoms with van der Waals surface area (Å²) in [6.45, 7) is 14.8. The van der Waals surface area contributed by atoms with E-state index in [1.165, 1.54) is 0 Å². The van der Waals surface area contributed by atoms with Crippen LogP contribution >= 0.6 is 0 Å². The van der Waals surface area contributed by atoms with Gasteiger partial charge in [-0.1, -0.05) is 13.3 Å². The predicted molar refractivity (Wildman–Crippen MR) is 137 cm³/mol. The van der Waals surface area contributed by atoms with Gasteiger partial charge in [0.25, 0.3) is 0 Å². The van der Waals surface area contributed by atoms with Crippen LogP contribution in [-0.2, 0) is 18.9 Å². The summed E-state index contributed by atoms with van der Waals surface area (Å²) in [5, 5.41) is 5.57. The molecular weight excluding hydrogens is 426 g/mol. The molecule has 1 N–H and O–H groups in total. The number of rotatable bonds is 12. The molecule has 1 amide bonds. The number of anilines is 1. The van der Waals surface area contributed by atoms with Crippen LogP contribution in [0.15, 0.2) is 29.4 Å². The first-order valence-corrected chi connectivity index (χ1v) is 11.5. The van der Waals surface area contributed by atoms with Crippen molar-refractivity contribution in [3.8, 4) is 0 Å². The van der Waals surface area contributed by atoms with Crippen molar-refractivity contribution in [3.05, 3.63) is 29.2 Å². The van der Waals surface area contributed by atoms with Gasteiger partial charge in [0.15, 0.2) is 0 Å². The first-order chi connectivity index (χ1) is 15.9. The Morgan fingerprint density at radius 1 is 0.909 bits per heavy atom. The number of unbranched alkanes of at least 4 members (excludes halogenated alkanes) is 1. The van der Waals surface area contributed by atoms with Gasteiger partial charge in [0.05, 0.1) is 6.54 Å². The highest BCUT2D eigenvalue weighted by molar-refractivity contribution is 5.67.